The lowest BCUT2D eigenvalue weighted by molar-refractivity contribution is 0.869. The van der Waals surface area contributed by atoms with Crippen LogP contribution in [0.4, 0.5) is 11.6 Å². The zero-order chi connectivity index (χ0) is 10.8. The number of anilines is 2. The van der Waals surface area contributed by atoms with Crippen molar-refractivity contribution < 1.29 is 0 Å². The lowest BCUT2D eigenvalue weighted by Gasteiger charge is -2.03. The summed E-state index contributed by atoms with van der Waals surface area (Å²) in [6, 6.07) is 7.13. The lowest BCUT2D eigenvalue weighted by atomic mass is 10.3. The molecule has 0 fully saturated rings. The van der Waals surface area contributed by atoms with Crippen molar-refractivity contribution in [2.75, 3.05) is 5.32 Å². The number of benzene rings is 1. The van der Waals surface area contributed by atoms with E-state index < -0.39 is 0 Å². The van der Waals surface area contributed by atoms with E-state index in [9.17, 15) is 4.79 Å². The molecule has 0 aliphatic rings. The van der Waals surface area contributed by atoms with Crippen molar-refractivity contribution in [2.24, 2.45) is 7.05 Å². The number of aromatic amines is 1. The number of H-pyrrole nitrogens is 1. The Morgan fingerprint density at radius 2 is 2.07 bits per heavy atom. The van der Waals surface area contributed by atoms with Crippen molar-refractivity contribution in [1.29, 1.82) is 0 Å². The predicted octanol–water partition coefficient (Wildman–Crippen LogP) is 1.51. The number of rotatable bonds is 2. The first-order valence-electron chi connectivity index (χ1n) is 4.31. The van der Waals surface area contributed by atoms with Crippen LogP contribution in [0, 0.1) is 0 Å². The van der Waals surface area contributed by atoms with E-state index in [0.717, 1.165) is 5.69 Å². The summed E-state index contributed by atoms with van der Waals surface area (Å²) >= 11 is 5.75. The Kier molecular flexibility index (Phi) is 2.47. The average Bonchev–Trinajstić information content (AvgIpc) is 2.53. The molecule has 0 radical (unpaired) electrons. The Morgan fingerprint density at radius 3 is 2.60 bits per heavy atom. The van der Waals surface area contributed by atoms with Crippen LogP contribution in [-0.4, -0.2) is 14.8 Å². The van der Waals surface area contributed by atoms with Crippen molar-refractivity contribution in [2.45, 2.75) is 0 Å². The molecule has 78 valence electrons. The highest BCUT2D eigenvalue weighted by atomic mass is 35.5. The molecule has 0 unspecified atom stereocenters. The Hall–Kier alpha value is -1.75. The molecule has 0 aliphatic heterocycles. The third-order valence-corrected chi connectivity index (χ3v) is 2.23. The van der Waals surface area contributed by atoms with Gasteiger partial charge in [0.15, 0.2) is 0 Å². The van der Waals surface area contributed by atoms with Crippen LogP contribution in [-0.2, 0) is 7.05 Å². The summed E-state index contributed by atoms with van der Waals surface area (Å²) in [4.78, 5) is 11.1. The third-order valence-electron chi connectivity index (χ3n) is 1.98. The standard InChI is InChI=1S/C9H9ClN4O/c1-14-8(12-13-9(14)15)11-7-4-2-6(10)3-5-7/h2-5H,1H3,(H,11,12)(H,13,15). The molecule has 1 heterocycles. The van der Waals surface area contributed by atoms with Gasteiger partial charge in [-0.05, 0) is 24.3 Å². The van der Waals surface area contributed by atoms with Crippen LogP contribution in [0.1, 0.15) is 0 Å². The smallest absolute Gasteiger partial charge is 0.324 e. The summed E-state index contributed by atoms with van der Waals surface area (Å²) in [5.41, 5.74) is 0.563. The van der Waals surface area contributed by atoms with Crippen LogP contribution in [0.25, 0.3) is 0 Å². The fourth-order valence-corrected chi connectivity index (χ4v) is 1.25. The molecular weight excluding hydrogens is 216 g/mol. The second-order valence-electron chi connectivity index (χ2n) is 3.04. The molecule has 0 aliphatic carbocycles. The quantitative estimate of drug-likeness (QED) is 0.813. The van der Waals surface area contributed by atoms with Gasteiger partial charge < -0.3 is 5.32 Å². The predicted molar refractivity (Wildman–Crippen MR) is 58.6 cm³/mol. The van der Waals surface area contributed by atoms with Gasteiger partial charge in [-0.25, -0.2) is 9.89 Å². The molecule has 0 saturated carbocycles. The first-order valence-corrected chi connectivity index (χ1v) is 4.68. The topological polar surface area (TPSA) is 62.7 Å². The molecule has 0 spiro atoms. The van der Waals surface area contributed by atoms with E-state index in [1.54, 1.807) is 19.2 Å². The zero-order valence-electron chi connectivity index (χ0n) is 7.99. The number of nitrogens with zero attached hydrogens (tertiary/aromatic N) is 2. The normalized spacial score (nSPS) is 10.3. The minimum absolute atomic E-state index is 0.258. The monoisotopic (exact) mass is 224 g/mol. The van der Waals surface area contributed by atoms with Gasteiger partial charge in [-0.1, -0.05) is 11.6 Å². The van der Waals surface area contributed by atoms with Crippen molar-refractivity contribution >= 4 is 23.2 Å². The summed E-state index contributed by atoms with van der Waals surface area (Å²) in [6.07, 6.45) is 0. The van der Waals surface area contributed by atoms with Crippen molar-refractivity contribution in [1.82, 2.24) is 14.8 Å². The van der Waals surface area contributed by atoms with E-state index in [0.29, 0.717) is 11.0 Å². The zero-order valence-corrected chi connectivity index (χ0v) is 8.75. The van der Waals surface area contributed by atoms with Crippen molar-refractivity contribution in [3.05, 3.63) is 39.8 Å². The average molecular weight is 225 g/mol. The summed E-state index contributed by atoms with van der Waals surface area (Å²) in [5, 5.41) is 9.80. The van der Waals surface area contributed by atoms with Gasteiger partial charge >= 0.3 is 5.69 Å². The summed E-state index contributed by atoms with van der Waals surface area (Å²) in [7, 11) is 1.63. The molecule has 2 rings (SSSR count). The molecule has 2 N–H and O–H groups in total. The number of halogens is 1. The molecule has 1 aromatic heterocycles. The maximum absolute atomic E-state index is 11.1. The Morgan fingerprint density at radius 1 is 1.40 bits per heavy atom. The van der Waals surface area contributed by atoms with Crippen molar-refractivity contribution in [3.8, 4) is 0 Å². The number of hydrogen-bond acceptors (Lipinski definition) is 3. The van der Waals surface area contributed by atoms with Crippen LogP contribution in [0.2, 0.25) is 5.02 Å². The van der Waals surface area contributed by atoms with E-state index in [2.05, 4.69) is 15.5 Å². The molecule has 5 nitrogen and oxygen atoms in total. The Bertz CT molecular complexity index is 514. The van der Waals surface area contributed by atoms with Crippen molar-refractivity contribution in [3.63, 3.8) is 0 Å². The van der Waals surface area contributed by atoms with Gasteiger partial charge in [-0.2, -0.15) is 0 Å². The summed E-state index contributed by atoms with van der Waals surface area (Å²) in [5.74, 6) is 0.460. The lowest BCUT2D eigenvalue weighted by Crippen LogP contribution is -2.13. The molecule has 1 aromatic carbocycles. The molecule has 0 bridgehead atoms. The fourth-order valence-electron chi connectivity index (χ4n) is 1.12. The van der Waals surface area contributed by atoms with Crippen LogP contribution in [0.3, 0.4) is 0 Å². The van der Waals surface area contributed by atoms with Gasteiger partial charge in [-0.3, -0.25) is 4.57 Å². The number of hydrogen-bond donors (Lipinski definition) is 2. The Labute approximate surface area is 90.7 Å². The second kappa shape index (κ2) is 3.78. The highest BCUT2D eigenvalue weighted by molar-refractivity contribution is 6.30. The molecular formula is C9H9ClN4O. The molecule has 2 aromatic rings. The molecule has 0 amide bonds. The first-order chi connectivity index (χ1) is 7.16. The van der Waals surface area contributed by atoms with E-state index in [-0.39, 0.29) is 5.69 Å². The van der Waals surface area contributed by atoms with Crippen LogP contribution < -0.4 is 11.0 Å². The van der Waals surface area contributed by atoms with Gasteiger partial charge in [0.05, 0.1) is 0 Å². The minimum Gasteiger partial charge on any atom is -0.324 e. The van der Waals surface area contributed by atoms with Gasteiger partial charge in [0.2, 0.25) is 5.95 Å². The van der Waals surface area contributed by atoms with Crippen LogP contribution in [0.5, 0.6) is 0 Å². The van der Waals surface area contributed by atoms with Gasteiger partial charge in [0, 0.05) is 17.8 Å². The van der Waals surface area contributed by atoms with E-state index >= 15 is 0 Å². The van der Waals surface area contributed by atoms with E-state index in [1.165, 1.54) is 4.57 Å². The van der Waals surface area contributed by atoms with Gasteiger partial charge in [0.25, 0.3) is 0 Å². The largest absolute Gasteiger partial charge is 0.344 e. The summed E-state index contributed by atoms with van der Waals surface area (Å²) in [6.45, 7) is 0. The summed E-state index contributed by atoms with van der Waals surface area (Å²) < 4.78 is 1.38. The number of aromatic nitrogens is 3. The first kappa shape index (κ1) is 9.79. The van der Waals surface area contributed by atoms with Gasteiger partial charge in [0.1, 0.15) is 0 Å². The van der Waals surface area contributed by atoms with E-state index in [1.807, 2.05) is 12.1 Å². The van der Waals surface area contributed by atoms with Crippen LogP contribution in [0.15, 0.2) is 29.1 Å². The second-order valence-corrected chi connectivity index (χ2v) is 3.48. The SMILES string of the molecule is Cn1c(Nc2ccc(Cl)cc2)n[nH]c1=O. The Balaban J connectivity index is 2.26. The molecule has 0 saturated heterocycles. The highest BCUT2D eigenvalue weighted by Crippen LogP contribution is 2.16. The molecule has 15 heavy (non-hydrogen) atoms. The fraction of sp³-hybridized carbons (Fsp3) is 0.111. The molecule has 6 heteroatoms. The molecule has 0 atom stereocenters. The number of nitrogens with one attached hydrogen (secondary N) is 2. The minimum atomic E-state index is -0.258. The highest BCUT2D eigenvalue weighted by Gasteiger charge is 2.03. The maximum Gasteiger partial charge on any atom is 0.344 e. The van der Waals surface area contributed by atoms with Crippen LogP contribution >= 0.6 is 11.6 Å². The van der Waals surface area contributed by atoms with E-state index in [4.69, 9.17) is 11.6 Å². The van der Waals surface area contributed by atoms with Gasteiger partial charge in [-0.15, -0.1) is 5.10 Å². The maximum atomic E-state index is 11.1. The third kappa shape index (κ3) is 2.02.